The fraction of sp³-hybridized carbons (Fsp3) is 0.467. The second-order valence-electron chi connectivity index (χ2n) is 11.3. The van der Waals surface area contributed by atoms with Crippen molar-refractivity contribution in [3.8, 4) is 0 Å². The molecule has 3 heterocycles. The van der Waals surface area contributed by atoms with Crippen LogP contribution in [0.2, 0.25) is 5.02 Å². The van der Waals surface area contributed by atoms with Crippen molar-refractivity contribution in [3.05, 3.63) is 71.3 Å². The molecular formula is C30H37ClN4O6S. The number of para-hydroxylation sites is 1. The fourth-order valence-corrected chi connectivity index (χ4v) is 7.29. The molecule has 2 saturated heterocycles. The van der Waals surface area contributed by atoms with Gasteiger partial charge in [-0.25, -0.2) is 8.42 Å². The zero-order valence-corrected chi connectivity index (χ0v) is 25.3. The van der Waals surface area contributed by atoms with Crippen LogP contribution >= 0.6 is 11.6 Å². The molecule has 3 aliphatic rings. The highest BCUT2D eigenvalue weighted by atomic mass is 35.5. The maximum atomic E-state index is 14.0. The molecule has 2 amide bonds. The van der Waals surface area contributed by atoms with Gasteiger partial charge in [0, 0.05) is 38.1 Å². The Labute approximate surface area is 252 Å². The molecule has 2 aromatic carbocycles. The molecule has 42 heavy (non-hydrogen) atoms. The average Bonchev–Trinajstić information content (AvgIpc) is 2.99. The van der Waals surface area contributed by atoms with E-state index in [2.05, 4.69) is 10.6 Å². The van der Waals surface area contributed by atoms with E-state index in [1.807, 2.05) is 13.0 Å². The summed E-state index contributed by atoms with van der Waals surface area (Å²) in [5.41, 5.74) is -0.997. The van der Waals surface area contributed by atoms with Crippen LogP contribution < -0.4 is 14.9 Å². The van der Waals surface area contributed by atoms with Crippen LogP contribution in [0.25, 0.3) is 0 Å². The van der Waals surface area contributed by atoms with Crippen molar-refractivity contribution in [2.75, 3.05) is 63.4 Å². The number of anilines is 1. The third-order valence-corrected chi connectivity index (χ3v) is 10.1. The van der Waals surface area contributed by atoms with Gasteiger partial charge in [0.1, 0.15) is 0 Å². The lowest BCUT2D eigenvalue weighted by atomic mass is 9.81. The molecule has 2 N–H and O–H groups in total. The number of amides is 2. The quantitative estimate of drug-likeness (QED) is 0.473. The van der Waals surface area contributed by atoms with E-state index in [1.165, 1.54) is 22.5 Å². The zero-order chi connectivity index (χ0) is 29.8. The first kappa shape index (κ1) is 30.5. The van der Waals surface area contributed by atoms with Crippen molar-refractivity contribution < 1.29 is 27.5 Å². The molecule has 5 rings (SSSR count). The molecule has 0 radical (unpaired) electrons. The van der Waals surface area contributed by atoms with Crippen LogP contribution in [-0.2, 0) is 24.3 Å². The minimum Gasteiger partial charge on any atom is -0.374 e. The summed E-state index contributed by atoms with van der Waals surface area (Å²) in [5.74, 6) is -0.610. The van der Waals surface area contributed by atoms with Crippen LogP contribution in [0.3, 0.4) is 0 Å². The Balaban J connectivity index is 1.52. The van der Waals surface area contributed by atoms with Gasteiger partial charge >= 0.3 is 0 Å². The van der Waals surface area contributed by atoms with E-state index < -0.39 is 21.0 Å². The summed E-state index contributed by atoms with van der Waals surface area (Å²) in [6.07, 6.45) is 4.95. The number of carbonyl (C=O) groups excluding carboxylic acids is 2. The number of morpholine rings is 1. The molecule has 2 unspecified atom stereocenters. The largest absolute Gasteiger partial charge is 0.374 e. The van der Waals surface area contributed by atoms with Gasteiger partial charge in [-0.15, -0.1) is 0 Å². The van der Waals surface area contributed by atoms with Crippen LogP contribution in [0, 0.1) is 5.41 Å². The molecule has 3 aliphatic heterocycles. The lowest BCUT2D eigenvalue weighted by Crippen LogP contribution is -2.62. The number of fused-ring (bicyclic) bond motifs is 4. The predicted molar refractivity (Wildman–Crippen MR) is 160 cm³/mol. The van der Waals surface area contributed by atoms with Crippen LogP contribution in [0.1, 0.15) is 30.1 Å². The first-order valence-corrected chi connectivity index (χ1v) is 16.0. The third kappa shape index (κ3) is 6.50. The molecule has 12 heteroatoms. The highest BCUT2D eigenvalue weighted by molar-refractivity contribution is 7.92. The van der Waals surface area contributed by atoms with Crippen molar-refractivity contribution in [1.82, 2.24) is 15.5 Å². The number of nitrogens with one attached hydrogen (secondary N) is 2. The van der Waals surface area contributed by atoms with Gasteiger partial charge in [0.25, 0.3) is 21.8 Å². The van der Waals surface area contributed by atoms with E-state index in [0.29, 0.717) is 45.0 Å². The summed E-state index contributed by atoms with van der Waals surface area (Å²) in [6.45, 7) is 4.78. The van der Waals surface area contributed by atoms with Gasteiger partial charge in [-0.3, -0.25) is 13.9 Å². The van der Waals surface area contributed by atoms with Gasteiger partial charge in [-0.05, 0) is 43.2 Å². The fourth-order valence-electron chi connectivity index (χ4n) is 5.64. The molecule has 10 nitrogen and oxygen atoms in total. The number of hydrogen-bond donors (Lipinski definition) is 2. The van der Waals surface area contributed by atoms with Gasteiger partial charge in [0.2, 0.25) is 0 Å². The van der Waals surface area contributed by atoms with Gasteiger partial charge in [0.05, 0.1) is 47.5 Å². The summed E-state index contributed by atoms with van der Waals surface area (Å²) in [6, 6.07) is 13.0. The number of sulfonamides is 1. The van der Waals surface area contributed by atoms with E-state index in [-0.39, 0.29) is 47.1 Å². The Morgan fingerprint density at radius 2 is 1.86 bits per heavy atom. The van der Waals surface area contributed by atoms with Crippen molar-refractivity contribution in [3.63, 3.8) is 0 Å². The van der Waals surface area contributed by atoms with Gasteiger partial charge in [0.15, 0.2) is 5.60 Å². The van der Waals surface area contributed by atoms with Gasteiger partial charge in [-0.1, -0.05) is 48.9 Å². The van der Waals surface area contributed by atoms with Crippen LogP contribution in [0.5, 0.6) is 0 Å². The molecule has 4 bridgehead atoms. The Kier molecular flexibility index (Phi) is 9.24. The second kappa shape index (κ2) is 12.7. The summed E-state index contributed by atoms with van der Waals surface area (Å²) in [4.78, 5) is 28.9. The normalized spacial score (nSPS) is 28.3. The van der Waals surface area contributed by atoms with Crippen molar-refractivity contribution in [1.29, 1.82) is 0 Å². The topological polar surface area (TPSA) is 117 Å². The highest BCUT2D eigenvalue weighted by Crippen LogP contribution is 2.32. The standard InChI is InChI=1S/C30H37ClN4O6S/c1-29-12-7-14-34(21-29)27(36)25-18-24(10-11-26(25)31)42(38,39)35(23-8-3-2-4-9-23)15-5-6-16-40-22-30(28(37)33-19-29)20-32-13-17-41-30/h2-6,8-11,18,32H,7,12-17,19-22H2,1H3,(H,33,37)/b6-5+. The molecule has 2 atom stereocenters. The van der Waals surface area contributed by atoms with E-state index in [9.17, 15) is 18.0 Å². The molecule has 2 aromatic rings. The Morgan fingerprint density at radius 3 is 2.62 bits per heavy atom. The number of ether oxygens (including phenoxy) is 2. The molecule has 0 aliphatic carbocycles. The lowest BCUT2D eigenvalue weighted by Gasteiger charge is -2.42. The number of benzene rings is 2. The van der Waals surface area contributed by atoms with Crippen molar-refractivity contribution in [2.24, 2.45) is 5.41 Å². The first-order valence-electron chi connectivity index (χ1n) is 14.2. The van der Waals surface area contributed by atoms with Crippen molar-refractivity contribution in [2.45, 2.75) is 30.3 Å². The van der Waals surface area contributed by atoms with E-state index in [1.54, 1.807) is 41.3 Å². The minimum atomic E-state index is -4.07. The summed E-state index contributed by atoms with van der Waals surface area (Å²) < 4.78 is 41.1. The highest BCUT2D eigenvalue weighted by Gasteiger charge is 2.43. The monoisotopic (exact) mass is 616 g/mol. The third-order valence-electron chi connectivity index (χ3n) is 8.01. The molecule has 1 spiro atoms. The van der Waals surface area contributed by atoms with Crippen LogP contribution in [0.15, 0.2) is 65.6 Å². The maximum Gasteiger partial charge on any atom is 0.264 e. The molecular weight excluding hydrogens is 580 g/mol. The number of piperidine rings is 1. The number of rotatable bonds is 1. The molecule has 0 saturated carbocycles. The van der Waals surface area contributed by atoms with Crippen molar-refractivity contribution >= 4 is 39.1 Å². The summed E-state index contributed by atoms with van der Waals surface area (Å²) >= 11 is 6.48. The second-order valence-corrected chi connectivity index (χ2v) is 13.6. The minimum absolute atomic E-state index is 0.0236. The predicted octanol–water partition coefficient (Wildman–Crippen LogP) is 2.84. The number of hydrogen-bond acceptors (Lipinski definition) is 7. The average molecular weight is 617 g/mol. The van der Waals surface area contributed by atoms with E-state index >= 15 is 0 Å². The smallest absolute Gasteiger partial charge is 0.264 e. The molecule has 2 fully saturated rings. The van der Waals surface area contributed by atoms with E-state index in [0.717, 1.165) is 12.8 Å². The van der Waals surface area contributed by atoms with Crippen LogP contribution in [0.4, 0.5) is 5.69 Å². The van der Waals surface area contributed by atoms with Gasteiger partial charge in [-0.2, -0.15) is 0 Å². The maximum absolute atomic E-state index is 14.0. The number of nitrogens with zero attached hydrogens (tertiary/aromatic N) is 2. The summed E-state index contributed by atoms with van der Waals surface area (Å²) in [7, 11) is -4.07. The SMILES string of the molecule is CC12CCCN(C1)C(=O)c1cc(ccc1Cl)S(=O)(=O)N(c1ccccc1)C/C=C/COCC1(CNCCO1)C(=O)NC2. The Hall–Kier alpha value is -2.96. The molecule has 226 valence electrons. The van der Waals surface area contributed by atoms with Crippen LogP contribution in [-0.4, -0.2) is 89.8 Å². The summed E-state index contributed by atoms with van der Waals surface area (Å²) in [5, 5.41) is 6.47. The Morgan fingerprint density at radius 1 is 1.05 bits per heavy atom. The first-order chi connectivity index (χ1) is 20.1. The molecule has 0 aromatic heterocycles. The number of carbonyl (C=O) groups is 2. The number of halogens is 1. The Bertz CT molecular complexity index is 1430. The zero-order valence-electron chi connectivity index (χ0n) is 23.7. The van der Waals surface area contributed by atoms with E-state index in [4.69, 9.17) is 21.1 Å². The lowest BCUT2D eigenvalue weighted by molar-refractivity contribution is -0.161. The van der Waals surface area contributed by atoms with Gasteiger partial charge < -0.3 is 25.0 Å².